The van der Waals surface area contributed by atoms with Crippen molar-refractivity contribution in [3.8, 4) is 5.69 Å². The predicted octanol–water partition coefficient (Wildman–Crippen LogP) is 2.94. The fourth-order valence-corrected chi connectivity index (χ4v) is 4.79. The lowest BCUT2D eigenvalue weighted by Gasteiger charge is -2.15. The minimum Gasteiger partial charge on any atom is -0.376 e. The highest BCUT2D eigenvalue weighted by Crippen LogP contribution is 2.15. The number of benzene rings is 3. The first-order valence-corrected chi connectivity index (χ1v) is 13.0. The molecule has 1 fully saturated rings. The van der Waals surface area contributed by atoms with Gasteiger partial charge in [0, 0.05) is 18.8 Å². The van der Waals surface area contributed by atoms with Crippen molar-refractivity contribution in [2.24, 2.45) is 0 Å². The molecule has 0 bridgehead atoms. The van der Waals surface area contributed by atoms with E-state index in [0.717, 1.165) is 35.1 Å². The number of para-hydroxylation sites is 2. The molecule has 1 aromatic heterocycles. The lowest BCUT2D eigenvalue weighted by molar-refractivity contribution is -0.121. The largest absolute Gasteiger partial charge is 0.376 e. The monoisotopic (exact) mass is 526 g/mol. The Kier molecular flexibility index (Phi) is 7.69. The van der Waals surface area contributed by atoms with Gasteiger partial charge in [0.1, 0.15) is 6.54 Å². The van der Waals surface area contributed by atoms with Crippen LogP contribution in [0.4, 0.5) is 5.69 Å². The molecule has 0 unspecified atom stereocenters. The predicted molar refractivity (Wildman–Crippen MR) is 149 cm³/mol. The van der Waals surface area contributed by atoms with Crippen molar-refractivity contribution in [1.82, 2.24) is 14.5 Å². The molecule has 1 aliphatic heterocycles. The molecule has 5 rings (SSSR count). The van der Waals surface area contributed by atoms with E-state index in [4.69, 9.17) is 4.74 Å². The van der Waals surface area contributed by atoms with Gasteiger partial charge >= 0.3 is 5.69 Å². The van der Waals surface area contributed by atoms with Gasteiger partial charge in [0.25, 0.3) is 5.56 Å². The molecule has 1 saturated heterocycles. The molecule has 39 heavy (non-hydrogen) atoms. The molecule has 3 aromatic carbocycles. The van der Waals surface area contributed by atoms with Gasteiger partial charge in [-0.3, -0.25) is 19.0 Å². The number of carbonyl (C=O) groups is 2. The van der Waals surface area contributed by atoms with Crippen molar-refractivity contribution in [2.45, 2.75) is 38.8 Å². The summed E-state index contributed by atoms with van der Waals surface area (Å²) in [4.78, 5) is 52.3. The molecule has 9 nitrogen and oxygen atoms in total. The molecule has 0 spiro atoms. The molecule has 4 aromatic rings. The van der Waals surface area contributed by atoms with Gasteiger partial charge in [-0.2, -0.15) is 0 Å². The van der Waals surface area contributed by atoms with Crippen molar-refractivity contribution in [3.63, 3.8) is 0 Å². The number of nitrogens with one attached hydrogen (secondary N) is 2. The number of nitrogens with zero attached hydrogens (tertiary/aromatic N) is 2. The molecule has 9 heteroatoms. The number of aryl methyl sites for hydroxylation is 1. The molecule has 2 heterocycles. The first kappa shape index (κ1) is 26.1. The minimum atomic E-state index is -0.624. The second-order valence-corrected chi connectivity index (χ2v) is 9.67. The third-order valence-corrected chi connectivity index (χ3v) is 6.88. The molecular formula is C30H30N4O5. The Bertz CT molecular complexity index is 1630. The first-order chi connectivity index (χ1) is 18.9. The van der Waals surface area contributed by atoms with E-state index in [0.29, 0.717) is 28.8 Å². The number of hydrogen-bond donors (Lipinski definition) is 2. The van der Waals surface area contributed by atoms with Crippen LogP contribution in [0.2, 0.25) is 0 Å². The van der Waals surface area contributed by atoms with E-state index in [1.807, 2.05) is 25.1 Å². The van der Waals surface area contributed by atoms with Crippen molar-refractivity contribution in [1.29, 1.82) is 0 Å². The normalized spacial score (nSPS) is 14.8. The van der Waals surface area contributed by atoms with Crippen molar-refractivity contribution < 1.29 is 14.3 Å². The lowest BCUT2D eigenvalue weighted by Crippen LogP contribution is -2.40. The zero-order valence-corrected chi connectivity index (χ0v) is 21.7. The number of anilines is 1. The summed E-state index contributed by atoms with van der Waals surface area (Å²) < 4.78 is 7.90. The fraction of sp³-hybridized carbons (Fsp3) is 0.267. The Morgan fingerprint density at radius 2 is 1.69 bits per heavy atom. The van der Waals surface area contributed by atoms with Crippen LogP contribution in [0.3, 0.4) is 0 Å². The van der Waals surface area contributed by atoms with Crippen LogP contribution < -0.4 is 21.9 Å². The summed E-state index contributed by atoms with van der Waals surface area (Å²) in [7, 11) is 0. The second kappa shape index (κ2) is 11.5. The van der Waals surface area contributed by atoms with E-state index in [1.165, 1.54) is 4.57 Å². The Labute approximate surface area is 225 Å². The Balaban J connectivity index is 1.40. The average Bonchev–Trinajstić information content (AvgIpc) is 3.46. The molecule has 2 N–H and O–H groups in total. The highest BCUT2D eigenvalue weighted by molar-refractivity contribution is 5.92. The Morgan fingerprint density at radius 3 is 2.44 bits per heavy atom. The first-order valence-electron chi connectivity index (χ1n) is 13.0. The molecule has 2 amide bonds. The summed E-state index contributed by atoms with van der Waals surface area (Å²) in [6.45, 7) is 2.83. The average molecular weight is 527 g/mol. The van der Waals surface area contributed by atoms with Crippen LogP contribution in [0.1, 0.15) is 24.0 Å². The molecular weight excluding hydrogens is 496 g/mol. The number of fused-ring (bicyclic) bond motifs is 1. The van der Waals surface area contributed by atoms with Crippen LogP contribution in [0.5, 0.6) is 0 Å². The van der Waals surface area contributed by atoms with E-state index in [1.54, 1.807) is 54.6 Å². The maximum atomic E-state index is 13.6. The smallest absolute Gasteiger partial charge is 0.336 e. The van der Waals surface area contributed by atoms with Gasteiger partial charge in [-0.15, -0.1) is 0 Å². The standard InChI is InChI=1S/C30H30N4O5/c1-20-7-2-4-10-25(20)32-28(36)19-33-26-11-5-3-9-24(26)29(37)34(30(33)38)22-14-12-21(13-15-22)17-27(35)31-18-23-8-6-16-39-23/h2-5,7,9-15,23H,6,8,16-19H2,1H3,(H,31,35)(H,32,36)/t23-/m1/s1. The topological polar surface area (TPSA) is 111 Å². The second-order valence-electron chi connectivity index (χ2n) is 9.67. The van der Waals surface area contributed by atoms with Gasteiger partial charge in [-0.05, 0) is 61.2 Å². The third kappa shape index (κ3) is 5.83. The summed E-state index contributed by atoms with van der Waals surface area (Å²) in [5, 5.41) is 6.06. The third-order valence-electron chi connectivity index (χ3n) is 6.88. The number of hydrogen-bond acceptors (Lipinski definition) is 5. The lowest BCUT2D eigenvalue weighted by atomic mass is 10.1. The molecule has 200 valence electrons. The number of ether oxygens (including phenoxy) is 1. The van der Waals surface area contributed by atoms with Crippen molar-refractivity contribution >= 4 is 28.4 Å². The van der Waals surface area contributed by atoms with Gasteiger partial charge in [0.05, 0.1) is 29.1 Å². The number of aromatic nitrogens is 2. The molecule has 0 aliphatic carbocycles. The number of rotatable bonds is 8. The zero-order valence-electron chi connectivity index (χ0n) is 21.7. The summed E-state index contributed by atoms with van der Waals surface area (Å²) in [6, 6.07) is 20.8. The molecule has 0 saturated carbocycles. The Morgan fingerprint density at radius 1 is 0.949 bits per heavy atom. The number of amides is 2. The Hall–Kier alpha value is -4.50. The maximum absolute atomic E-state index is 13.6. The highest BCUT2D eigenvalue weighted by Gasteiger charge is 2.18. The summed E-state index contributed by atoms with van der Waals surface area (Å²) in [5.41, 5.74) is 1.93. The van der Waals surface area contributed by atoms with E-state index >= 15 is 0 Å². The fourth-order valence-electron chi connectivity index (χ4n) is 4.79. The van der Waals surface area contributed by atoms with Crippen LogP contribution >= 0.6 is 0 Å². The summed E-state index contributed by atoms with van der Waals surface area (Å²) in [5.74, 6) is -0.505. The van der Waals surface area contributed by atoms with Gasteiger partial charge in [0.2, 0.25) is 11.8 Å². The van der Waals surface area contributed by atoms with Crippen LogP contribution in [0.15, 0.2) is 82.4 Å². The SMILES string of the molecule is Cc1ccccc1NC(=O)Cn1c(=O)n(-c2ccc(CC(=O)NC[C@H]3CCCO3)cc2)c(=O)c2ccccc21. The van der Waals surface area contributed by atoms with Gasteiger partial charge < -0.3 is 15.4 Å². The molecule has 1 aliphatic rings. The van der Waals surface area contributed by atoms with Crippen LogP contribution in [-0.4, -0.2) is 40.2 Å². The maximum Gasteiger partial charge on any atom is 0.336 e. The zero-order chi connectivity index (χ0) is 27.4. The van der Waals surface area contributed by atoms with Crippen LogP contribution in [0, 0.1) is 6.92 Å². The molecule has 0 radical (unpaired) electrons. The summed E-state index contributed by atoms with van der Waals surface area (Å²) >= 11 is 0. The van der Waals surface area contributed by atoms with E-state index in [9.17, 15) is 19.2 Å². The number of carbonyl (C=O) groups excluding carboxylic acids is 2. The van der Waals surface area contributed by atoms with E-state index < -0.39 is 11.2 Å². The van der Waals surface area contributed by atoms with Crippen LogP contribution in [0.25, 0.3) is 16.6 Å². The van der Waals surface area contributed by atoms with Crippen molar-refractivity contribution in [3.05, 3.63) is 105 Å². The van der Waals surface area contributed by atoms with Crippen molar-refractivity contribution in [2.75, 3.05) is 18.5 Å². The van der Waals surface area contributed by atoms with Crippen LogP contribution in [-0.2, 0) is 27.3 Å². The molecule has 1 atom stereocenters. The van der Waals surface area contributed by atoms with E-state index in [2.05, 4.69) is 10.6 Å². The summed E-state index contributed by atoms with van der Waals surface area (Å²) in [6.07, 6.45) is 2.19. The van der Waals surface area contributed by atoms with E-state index in [-0.39, 0.29) is 30.9 Å². The minimum absolute atomic E-state index is 0.0667. The van der Waals surface area contributed by atoms with Gasteiger partial charge in [-0.25, -0.2) is 9.36 Å². The quantitative estimate of drug-likeness (QED) is 0.367. The van der Waals surface area contributed by atoms with Gasteiger partial charge in [0.15, 0.2) is 0 Å². The van der Waals surface area contributed by atoms with Gasteiger partial charge in [-0.1, -0.05) is 42.5 Å². The highest BCUT2D eigenvalue weighted by atomic mass is 16.5.